The van der Waals surface area contributed by atoms with Gasteiger partial charge in [0.1, 0.15) is 22.9 Å². The molecule has 0 radical (unpaired) electrons. The van der Waals surface area contributed by atoms with Crippen molar-refractivity contribution in [3.8, 4) is 0 Å². The fourth-order valence-corrected chi connectivity index (χ4v) is 6.83. The van der Waals surface area contributed by atoms with E-state index in [-0.39, 0.29) is 53.7 Å². The molecule has 0 spiro atoms. The number of benzene rings is 2. The van der Waals surface area contributed by atoms with Gasteiger partial charge in [-0.3, -0.25) is 9.59 Å². The lowest BCUT2D eigenvalue weighted by Crippen LogP contribution is -2.72. The summed E-state index contributed by atoms with van der Waals surface area (Å²) < 4.78 is 42.0. The molecule has 0 bridgehead atoms. The van der Waals surface area contributed by atoms with Gasteiger partial charge in [0.25, 0.3) is 0 Å². The van der Waals surface area contributed by atoms with Crippen LogP contribution in [-0.2, 0) is 26.0 Å². The number of amides is 2. The Kier molecular flexibility index (Phi) is 6.92. The highest BCUT2D eigenvalue weighted by Gasteiger charge is 2.51. The van der Waals surface area contributed by atoms with Gasteiger partial charge in [-0.2, -0.15) is 4.31 Å². The predicted octanol–water partition coefficient (Wildman–Crippen LogP) is 3.54. The molecule has 2 heterocycles. The van der Waals surface area contributed by atoms with Crippen LogP contribution in [0.15, 0.2) is 47.4 Å². The fourth-order valence-electron chi connectivity index (χ4n) is 4.51. The van der Waals surface area contributed by atoms with Crippen molar-refractivity contribution in [2.24, 2.45) is 0 Å². The van der Waals surface area contributed by atoms with Crippen molar-refractivity contribution in [3.63, 3.8) is 0 Å². The molecule has 11 heteroatoms. The Labute approximate surface area is 208 Å². The van der Waals surface area contributed by atoms with Crippen molar-refractivity contribution >= 4 is 45.0 Å². The number of fused-ring (bicyclic) bond motifs is 1. The lowest BCUT2D eigenvalue weighted by Gasteiger charge is -2.52. The van der Waals surface area contributed by atoms with Gasteiger partial charge in [0, 0.05) is 30.5 Å². The zero-order chi connectivity index (χ0) is 24.8. The number of halogens is 3. The second-order valence-corrected chi connectivity index (χ2v) is 11.4. The first-order chi connectivity index (χ1) is 16.0. The molecule has 2 fully saturated rings. The highest BCUT2D eigenvalue weighted by atomic mass is 35.5. The van der Waals surface area contributed by atoms with Crippen LogP contribution in [-0.4, -0.2) is 65.7 Å². The van der Waals surface area contributed by atoms with Crippen LogP contribution in [0.3, 0.4) is 0 Å². The molecule has 2 aliphatic heterocycles. The van der Waals surface area contributed by atoms with Gasteiger partial charge in [-0.25, -0.2) is 12.8 Å². The minimum absolute atomic E-state index is 0.0218. The molecule has 0 aliphatic carbocycles. The number of hydrogen-bond acceptors (Lipinski definition) is 4. The molecule has 0 N–H and O–H groups in total. The lowest BCUT2D eigenvalue weighted by molar-refractivity contribution is -0.166. The zero-order valence-corrected chi connectivity index (χ0v) is 20.9. The fraction of sp³-hybridized carbons (Fsp3) is 0.391. The van der Waals surface area contributed by atoms with Gasteiger partial charge < -0.3 is 9.80 Å². The third-order valence-corrected chi connectivity index (χ3v) is 8.81. The van der Waals surface area contributed by atoms with E-state index in [1.165, 1.54) is 39.5 Å². The van der Waals surface area contributed by atoms with Crippen LogP contribution in [0.5, 0.6) is 0 Å². The van der Waals surface area contributed by atoms with E-state index < -0.39 is 28.0 Å². The van der Waals surface area contributed by atoms with Crippen molar-refractivity contribution < 1.29 is 22.4 Å². The molecule has 7 nitrogen and oxygen atoms in total. The van der Waals surface area contributed by atoms with Crippen LogP contribution in [0.4, 0.5) is 4.39 Å². The van der Waals surface area contributed by atoms with E-state index in [4.69, 9.17) is 23.2 Å². The summed E-state index contributed by atoms with van der Waals surface area (Å²) >= 11 is 12.2. The molecule has 2 amide bonds. The highest BCUT2D eigenvalue weighted by molar-refractivity contribution is 7.89. The summed E-state index contributed by atoms with van der Waals surface area (Å²) in [5.74, 6) is -0.984. The number of hydrogen-bond donors (Lipinski definition) is 0. The van der Waals surface area contributed by atoms with E-state index in [1.54, 1.807) is 17.0 Å². The van der Waals surface area contributed by atoms with E-state index in [0.717, 1.165) is 0 Å². The molecule has 2 aromatic carbocycles. The molecule has 182 valence electrons. The Morgan fingerprint density at radius 2 is 1.76 bits per heavy atom. The maximum atomic E-state index is 13.7. The first-order valence-corrected chi connectivity index (χ1v) is 13.0. The van der Waals surface area contributed by atoms with E-state index in [1.807, 2.05) is 13.8 Å². The van der Waals surface area contributed by atoms with Gasteiger partial charge in [0.2, 0.25) is 21.8 Å². The summed E-state index contributed by atoms with van der Waals surface area (Å²) in [6, 6.07) is 8.69. The van der Waals surface area contributed by atoms with Crippen LogP contribution < -0.4 is 0 Å². The van der Waals surface area contributed by atoms with E-state index in [2.05, 4.69) is 0 Å². The normalized spacial score (nSPS) is 21.8. The maximum absolute atomic E-state index is 13.7. The largest absolute Gasteiger partial charge is 0.335 e. The van der Waals surface area contributed by atoms with Gasteiger partial charge in [0.15, 0.2) is 0 Å². The first kappa shape index (κ1) is 24.9. The molecule has 0 saturated carbocycles. The molecule has 2 aliphatic rings. The number of piperazine rings is 1. The summed E-state index contributed by atoms with van der Waals surface area (Å²) in [5, 5.41) is 0.277. The van der Waals surface area contributed by atoms with Crippen molar-refractivity contribution in [1.82, 2.24) is 14.1 Å². The third kappa shape index (κ3) is 4.54. The van der Waals surface area contributed by atoms with E-state index >= 15 is 0 Å². The second kappa shape index (κ2) is 9.45. The number of sulfonamides is 1. The second-order valence-electron chi connectivity index (χ2n) is 8.65. The van der Waals surface area contributed by atoms with E-state index in [0.29, 0.717) is 10.6 Å². The van der Waals surface area contributed by atoms with Crippen LogP contribution in [0.25, 0.3) is 0 Å². The van der Waals surface area contributed by atoms with Crippen molar-refractivity contribution in [2.75, 3.05) is 13.1 Å². The standard InChI is InChI=1S/C23H24Cl2FN3O4S/c1-14(2)27-13-21-28(34(32,33)20-8-5-16(24)12-18(20)25)10-9-22(30)29(21)19(23(27)31)11-15-3-6-17(26)7-4-15/h3-8,12,14,19,21H,9-11,13H2,1-2H3. The van der Waals surface area contributed by atoms with Crippen LogP contribution >= 0.6 is 23.2 Å². The molecular weight excluding hydrogens is 504 g/mol. The molecular formula is C23H24Cl2FN3O4S. The van der Waals surface area contributed by atoms with Gasteiger partial charge in [-0.1, -0.05) is 35.3 Å². The van der Waals surface area contributed by atoms with Crippen molar-refractivity contribution in [1.29, 1.82) is 0 Å². The first-order valence-electron chi connectivity index (χ1n) is 10.8. The van der Waals surface area contributed by atoms with Crippen LogP contribution in [0.2, 0.25) is 10.0 Å². The van der Waals surface area contributed by atoms with Crippen LogP contribution in [0, 0.1) is 5.82 Å². The summed E-state index contributed by atoms with van der Waals surface area (Å²) in [4.78, 5) is 29.3. The topological polar surface area (TPSA) is 78.0 Å². The SMILES string of the molecule is CC(C)N1CC2N(C(=O)CCN2S(=O)(=O)c2ccc(Cl)cc2Cl)C(Cc2ccc(F)cc2)C1=O. The molecule has 2 unspecified atom stereocenters. The minimum Gasteiger partial charge on any atom is -0.335 e. The van der Waals surface area contributed by atoms with Gasteiger partial charge in [-0.15, -0.1) is 0 Å². The lowest BCUT2D eigenvalue weighted by atomic mass is 9.97. The smallest absolute Gasteiger partial charge is 0.246 e. The highest BCUT2D eigenvalue weighted by Crippen LogP contribution is 2.34. The Hall–Kier alpha value is -2.20. The van der Waals surface area contributed by atoms with Crippen LogP contribution in [0.1, 0.15) is 25.8 Å². The molecule has 4 rings (SSSR count). The summed E-state index contributed by atoms with van der Waals surface area (Å²) in [6.07, 6.45) is -0.834. The predicted molar refractivity (Wildman–Crippen MR) is 126 cm³/mol. The molecule has 2 aromatic rings. The van der Waals surface area contributed by atoms with Gasteiger partial charge >= 0.3 is 0 Å². The average Bonchev–Trinajstić information content (AvgIpc) is 2.76. The Balaban J connectivity index is 1.76. The monoisotopic (exact) mass is 527 g/mol. The minimum atomic E-state index is -4.11. The van der Waals surface area contributed by atoms with Crippen molar-refractivity contribution in [2.45, 2.75) is 49.8 Å². The molecule has 2 saturated heterocycles. The summed E-state index contributed by atoms with van der Waals surface area (Å²) in [5.41, 5.74) is 0.664. The third-order valence-electron chi connectivity index (χ3n) is 6.20. The number of rotatable bonds is 5. The Morgan fingerprint density at radius 3 is 2.38 bits per heavy atom. The Morgan fingerprint density at radius 1 is 1.09 bits per heavy atom. The van der Waals surface area contributed by atoms with Gasteiger partial charge in [0.05, 0.1) is 11.6 Å². The maximum Gasteiger partial charge on any atom is 0.246 e. The van der Waals surface area contributed by atoms with Gasteiger partial charge in [-0.05, 0) is 49.7 Å². The zero-order valence-electron chi connectivity index (χ0n) is 18.6. The molecule has 34 heavy (non-hydrogen) atoms. The summed E-state index contributed by atoms with van der Waals surface area (Å²) in [6.45, 7) is 3.67. The van der Waals surface area contributed by atoms with E-state index in [9.17, 15) is 22.4 Å². The van der Waals surface area contributed by atoms with Crippen molar-refractivity contribution in [3.05, 3.63) is 63.9 Å². The molecule has 0 aromatic heterocycles. The Bertz CT molecular complexity index is 1220. The quantitative estimate of drug-likeness (QED) is 0.595. The summed E-state index contributed by atoms with van der Waals surface area (Å²) in [7, 11) is -4.11. The number of nitrogens with zero attached hydrogens (tertiary/aromatic N) is 3. The average molecular weight is 528 g/mol. The number of carbonyl (C=O) groups excluding carboxylic acids is 2. The molecule has 2 atom stereocenters. The number of carbonyl (C=O) groups is 2.